The van der Waals surface area contributed by atoms with Crippen LogP contribution in [0.5, 0.6) is 5.75 Å². The number of hydrogen-bond acceptors (Lipinski definition) is 6. The Labute approximate surface area is 214 Å². The zero-order chi connectivity index (χ0) is 23.5. The Morgan fingerprint density at radius 3 is 2.42 bits per heavy atom. The summed E-state index contributed by atoms with van der Waals surface area (Å²) >= 11 is 3.92. The molecule has 1 aromatic heterocycles. The third kappa shape index (κ3) is 8.01. The third-order valence-corrected chi connectivity index (χ3v) is 5.88. The lowest BCUT2D eigenvalue weighted by Gasteiger charge is -2.10. The molecule has 0 atom stereocenters. The van der Waals surface area contributed by atoms with Crippen molar-refractivity contribution < 1.29 is 9.15 Å². The summed E-state index contributed by atoms with van der Waals surface area (Å²) in [6, 6.07) is 22.8. The SMILES string of the molecule is CI.CN(C)CCCOc1ccc(-c2nnc(CSCc3ccc4ccccc4c3)o2)cc1. The molecule has 4 rings (SSSR count). The van der Waals surface area contributed by atoms with Crippen LogP contribution in [0.25, 0.3) is 22.2 Å². The highest BCUT2D eigenvalue weighted by Gasteiger charge is 2.09. The first-order chi connectivity index (χ1) is 16.2. The topological polar surface area (TPSA) is 51.4 Å². The number of benzene rings is 3. The fourth-order valence-electron chi connectivity index (χ4n) is 3.28. The van der Waals surface area contributed by atoms with Crippen molar-refractivity contribution in [3.63, 3.8) is 0 Å². The molecule has 0 fully saturated rings. The molecule has 0 amide bonds. The van der Waals surface area contributed by atoms with E-state index in [9.17, 15) is 0 Å². The van der Waals surface area contributed by atoms with Crippen molar-refractivity contribution in [1.29, 1.82) is 0 Å². The van der Waals surface area contributed by atoms with Crippen LogP contribution in [-0.4, -0.2) is 47.3 Å². The Hall–Kier alpha value is -2.10. The smallest absolute Gasteiger partial charge is 0.247 e. The van der Waals surface area contributed by atoms with E-state index in [2.05, 4.69) is 94.2 Å². The largest absolute Gasteiger partial charge is 0.494 e. The van der Waals surface area contributed by atoms with Crippen molar-refractivity contribution in [1.82, 2.24) is 15.1 Å². The van der Waals surface area contributed by atoms with Gasteiger partial charge in [-0.15, -0.1) is 22.0 Å². The summed E-state index contributed by atoms with van der Waals surface area (Å²) in [6.07, 6.45) is 0.999. The summed E-state index contributed by atoms with van der Waals surface area (Å²) in [7, 11) is 4.13. The molecule has 1 heterocycles. The number of ether oxygens (including phenoxy) is 1. The van der Waals surface area contributed by atoms with Gasteiger partial charge in [-0.25, -0.2) is 0 Å². The van der Waals surface area contributed by atoms with E-state index >= 15 is 0 Å². The van der Waals surface area contributed by atoms with E-state index in [1.165, 1.54) is 16.3 Å². The van der Waals surface area contributed by atoms with Gasteiger partial charge >= 0.3 is 0 Å². The fourth-order valence-corrected chi connectivity index (χ4v) is 4.09. The molecule has 5 nitrogen and oxygen atoms in total. The molecule has 0 saturated heterocycles. The standard InChI is InChI=1S/C25H27N3O2S.CH3I/c1-28(2)14-5-15-29-23-12-10-21(11-13-23)25-27-26-24(30-25)18-31-17-19-8-9-20-6-3-4-7-22(20)16-19;1-2/h3-4,6-13,16H,5,14-15,17-18H2,1-2H3;1H3. The number of fused-ring (bicyclic) bond motifs is 1. The first-order valence-electron chi connectivity index (χ1n) is 10.8. The second-order valence-corrected chi connectivity index (χ2v) is 8.69. The Balaban J connectivity index is 0.00000149. The lowest BCUT2D eigenvalue weighted by atomic mass is 10.1. The number of rotatable bonds is 10. The molecule has 174 valence electrons. The maximum Gasteiger partial charge on any atom is 0.247 e. The first-order valence-corrected chi connectivity index (χ1v) is 14.1. The van der Waals surface area contributed by atoms with Gasteiger partial charge in [0.1, 0.15) is 5.75 Å². The van der Waals surface area contributed by atoms with Gasteiger partial charge in [-0.1, -0.05) is 65.1 Å². The summed E-state index contributed by atoms with van der Waals surface area (Å²) in [5, 5.41) is 10.9. The highest BCUT2D eigenvalue weighted by atomic mass is 127. The van der Waals surface area contributed by atoms with Crippen LogP contribution in [0.3, 0.4) is 0 Å². The average Bonchev–Trinajstić information content (AvgIpc) is 3.32. The van der Waals surface area contributed by atoms with Crippen LogP contribution in [0.1, 0.15) is 17.9 Å². The van der Waals surface area contributed by atoms with Crippen LogP contribution in [0, 0.1) is 0 Å². The minimum absolute atomic E-state index is 0.542. The second kappa shape index (κ2) is 13.6. The quantitative estimate of drug-likeness (QED) is 0.119. The highest BCUT2D eigenvalue weighted by Crippen LogP contribution is 2.25. The van der Waals surface area contributed by atoms with Gasteiger partial charge in [0.2, 0.25) is 11.8 Å². The summed E-state index contributed by atoms with van der Waals surface area (Å²) in [4.78, 5) is 4.12. The zero-order valence-corrected chi connectivity index (χ0v) is 22.3. The molecule has 0 aliphatic rings. The molecule has 3 aromatic carbocycles. The zero-order valence-electron chi connectivity index (χ0n) is 19.3. The predicted octanol–water partition coefficient (Wildman–Crippen LogP) is 6.70. The normalized spacial score (nSPS) is 10.8. The molecule has 0 aliphatic heterocycles. The lowest BCUT2D eigenvalue weighted by molar-refractivity contribution is 0.281. The first kappa shape index (κ1) is 25.5. The van der Waals surface area contributed by atoms with Crippen molar-refractivity contribution in [3.05, 3.63) is 78.2 Å². The molecule has 0 saturated carbocycles. The molecule has 0 aliphatic carbocycles. The maximum atomic E-state index is 5.85. The van der Waals surface area contributed by atoms with Crippen molar-refractivity contribution in [2.24, 2.45) is 0 Å². The van der Waals surface area contributed by atoms with Gasteiger partial charge in [0, 0.05) is 17.9 Å². The summed E-state index contributed by atoms with van der Waals surface area (Å²) in [6.45, 7) is 1.72. The minimum atomic E-state index is 0.542. The summed E-state index contributed by atoms with van der Waals surface area (Å²) in [5.41, 5.74) is 2.20. The maximum absolute atomic E-state index is 5.85. The molecule has 4 aromatic rings. The van der Waals surface area contributed by atoms with Crippen molar-refractivity contribution >= 4 is 45.1 Å². The molecular formula is C26H30IN3O2S. The van der Waals surface area contributed by atoms with E-state index in [1.807, 2.05) is 29.2 Å². The highest BCUT2D eigenvalue weighted by molar-refractivity contribution is 14.1. The number of halogens is 1. The number of nitrogens with zero attached hydrogens (tertiary/aromatic N) is 3. The molecule has 33 heavy (non-hydrogen) atoms. The third-order valence-electron chi connectivity index (χ3n) is 4.89. The van der Waals surface area contributed by atoms with E-state index in [1.54, 1.807) is 11.8 Å². The Morgan fingerprint density at radius 1 is 0.909 bits per heavy atom. The van der Waals surface area contributed by atoms with Gasteiger partial charge in [-0.2, -0.15) is 0 Å². The second-order valence-electron chi connectivity index (χ2n) is 7.70. The lowest BCUT2D eigenvalue weighted by Crippen LogP contribution is -2.15. The monoisotopic (exact) mass is 575 g/mol. The van der Waals surface area contributed by atoms with Gasteiger partial charge in [0.05, 0.1) is 12.4 Å². The van der Waals surface area contributed by atoms with E-state index < -0.39 is 0 Å². The fraction of sp³-hybridized carbons (Fsp3) is 0.308. The molecule has 0 unspecified atom stereocenters. The van der Waals surface area contributed by atoms with Gasteiger partial charge in [0.25, 0.3) is 0 Å². The minimum Gasteiger partial charge on any atom is -0.494 e. The number of aromatic nitrogens is 2. The van der Waals surface area contributed by atoms with Gasteiger partial charge in [-0.05, 0) is 66.0 Å². The average molecular weight is 576 g/mol. The van der Waals surface area contributed by atoms with Gasteiger partial charge in [-0.3, -0.25) is 0 Å². The van der Waals surface area contributed by atoms with Gasteiger partial charge in [0.15, 0.2) is 0 Å². The van der Waals surface area contributed by atoms with Crippen LogP contribution in [0.4, 0.5) is 0 Å². The van der Waals surface area contributed by atoms with E-state index in [-0.39, 0.29) is 0 Å². The Kier molecular flexibility index (Phi) is 10.5. The van der Waals surface area contributed by atoms with Crippen LogP contribution in [-0.2, 0) is 11.5 Å². The Bertz CT molecular complexity index is 1120. The summed E-state index contributed by atoms with van der Waals surface area (Å²) < 4.78 is 11.6. The van der Waals surface area contributed by atoms with Crippen molar-refractivity contribution in [3.8, 4) is 17.2 Å². The molecule has 0 bridgehead atoms. The molecule has 0 N–H and O–H groups in total. The predicted molar refractivity (Wildman–Crippen MR) is 147 cm³/mol. The van der Waals surface area contributed by atoms with E-state index in [0.717, 1.165) is 30.0 Å². The summed E-state index contributed by atoms with van der Waals surface area (Å²) in [5.74, 6) is 3.63. The molecule has 0 radical (unpaired) electrons. The molecular weight excluding hydrogens is 545 g/mol. The van der Waals surface area contributed by atoms with Gasteiger partial charge < -0.3 is 14.1 Å². The number of thioether (sulfide) groups is 1. The van der Waals surface area contributed by atoms with Crippen LogP contribution in [0.2, 0.25) is 0 Å². The number of hydrogen-bond donors (Lipinski definition) is 0. The number of alkyl halides is 1. The van der Waals surface area contributed by atoms with Crippen LogP contribution in [0.15, 0.2) is 71.1 Å². The molecule has 0 spiro atoms. The van der Waals surface area contributed by atoms with Crippen molar-refractivity contribution in [2.45, 2.75) is 17.9 Å². The van der Waals surface area contributed by atoms with Crippen LogP contribution >= 0.6 is 34.4 Å². The van der Waals surface area contributed by atoms with E-state index in [4.69, 9.17) is 9.15 Å². The Morgan fingerprint density at radius 2 is 1.67 bits per heavy atom. The van der Waals surface area contributed by atoms with Crippen LogP contribution < -0.4 is 4.74 Å². The van der Waals surface area contributed by atoms with Crippen molar-refractivity contribution in [2.75, 3.05) is 32.2 Å². The molecule has 7 heteroatoms. The van der Waals surface area contributed by atoms with E-state index in [0.29, 0.717) is 24.1 Å².